The molecule has 1 unspecified atom stereocenters. The Labute approximate surface area is 158 Å². The Hall–Kier alpha value is -0.870. The van der Waals surface area contributed by atoms with E-state index in [4.69, 9.17) is 0 Å². The zero-order valence-electron chi connectivity index (χ0n) is 14.2. The van der Waals surface area contributed by atoms with Gasteiger partial charge in [0.2, 0.25) is 10.0 Å². The lowest BCUT2D eigenvalue weighted by Crippen LogP contribution is -2.49. The first kappa shape index (κ1) is 21.4. The maximum Gasteiger partial charge on any atom is 0.416 e. The molecule has 0 aliphatic carbocycles. The van der Waals surface area contributed by atoms with Crippen LogP contribution in [-0.2, 0) is 22.0 Å². The molecule has 148 valence electrons. The van der Waals surface area contributed by atoms with Crippen LogP contribution in [0.25, 0.3) is 0 Å². The minimum absolute atomic E-state index is 0. The van der Waals surface area contributed by atoms with Crippen molar-refractivity contribution < 1.29 is 21.6 Å². The molecule has 10 heteroatoms. The van der Waals surface area contributed by atoms with Crippen molar-refractivity contribution >= 4 is 22.4 Å². The van der Waals surface area contributed by atoms with Gasteiger partial charge in [0.1, 0.15) is 0 Å². The topological polar surface area (TPSA) is 52.7 Å². The van der Waals surface area contributed by atoms with E-state index in [1.54, 1.807) is 0 Å². The summed E-state index contributed by atoms with van der Waals surface area (Å²) in [6, 6.07) is 4.74. The number of alkyl halides is 3. The number of piperazine rings is 1. The molecular formula is C16H23ClF3N3O2S. The minimum Gasteiger partial charge on any atom is -0.314 e. The van der Waals surface area contributed by atoms with Crippen molar-refractivity contribution in [1.82, 2.24) is 14.5 Å². The fourth-order valence-electron chi connectivity index (χ4n) is 3.45. The van der Waals surface area contributed by atoms with E-state index in [0.717, 1.165) is 44.7 Å². The molecule has 2 aliphatic heterocycles. The third-order valence-corrected chi connectivity index (χ3v) is 6.61. The fraction of sp³-hybridized carbons (Fsp3) is 0.625. The summed E-state index contributed by atoms with van der Waals surface area (Å²) in [5.74, 6) is -0.398. The third kappa shape index (κ3) is 5.10. The van der Waals surface area contributed by atoms with Crippen molar-refractivity contribution in [3.63, 3.8) is 0 Å². The molecule has 0 bridgehead atoms. The average molecular weight is 414 g/mol. The summed E-state index contributed by atoms with van der Waals surface area (Å²) in [5.41, 5.74) is -0.652. The predicted octanol–water partition coefficient (Wildman–Crippen LogP) is 1.94. The van der Waals surface area contributed by atoms with Crippen LogP contribution in [0, 0.1) is 0 Å². The second kappa shape index (κ2) is 8.43. The molecule has 26 heavy (non-hydrogen) atoms. The molecule has 0 saturated carbocycles. The zero-order valence-corrected chi connectivity index (χ0v) is 15.8. The number of nitrogens with zero attached hydrogens (tertiary/aromatic N) is 2. The van der Waals surface area contributed by atoms with Crippen LogP contribution in [0.2, 0.25) is 0 Å². The van der Waals surface area contributed by atoms with Crippen molar-refractivity contribution in [3.05, 3.63) is 35.4 Å². The van der Waals surface area contributed by atoms with Crippen LogP contribution < -0.4 is 5.32 Å². The van der Waals surface area contributed by atoms with Crippen molar-refractivity contribution in [3.8, 4) is 0 Å². The second-order valence-corrected chi connectivity index (χ2v) is 8.51. The van der Waals surface area contributed by atoms with Gasteiger partial charge in [0.05, 0.1) is 11.3 Å². The maximum atomic E-state index is 12.8. The van der Waals surface area contributed by atoms with Crippen molar-refractivity contribution in [2.45, 2.75) is 24.4 Å². The predicted molar refractivity (Wildman–Crippen MR) is 95.7 cm³/mol. The summed E-state index contributed by atoms with van der Waals surface area (Å²) in [7, 11) is -3.62. The van der Waals surface area contributed by atoms with Crippen molar-refractivity contribution in [1.29, 1.82) is 0 Å². The molecule has 3 rings (SSSR count). The van der Waals surface area contributed by atoms with Gasteiger partial charge in [0.15, 0.2) is 0 Å². The van der Waals surface area contributed by atoms with Crippen LogP contribution >= 0.6 is 12.4 Å². The number of nitrogens with one attached hydrogen (secondary N) is 1. The largest absolute Gasteiger partial charge is 0.416 e. The van der Waals surface area contributed by atoms with Gasteiger partial charge in [-0.1, -0.05) is 18.2 Å². The zero-order chi connectivity index (χ0) is 18.1. The number of hydrogen-bond acceptors (Lipinski definition) is 4. The number of benzene rings is 1. The maximum absolute atomic E-state index is 12.8. The Bertz CT molecular complexity index is 709. The fourth-order valence-corrected chi connectivity index (χ4v) is 5.01. The van der Waals surface area contributed by atoms with E-state index in [-0.39, 0.29) is 24.0 Å². The van der Waals surface area contributed by atoms with Crippen LogP contribution in [0.1, 0.15) is 17.5 Å². The lowest BCUT2D eigenvalue weighted by atomic mass is 10.1. The molecule has 2 heterocycles. The van der Waals surface area contributed by atoms with E-state index in [1.807, 2.05) is 0 Å². The highest BCUT2D eigenvalue weighted by Crippen LogP contribution is 2.30. The molecule has 1 N–H and O–H groups in total. The van der Waals surface area contributed by atoms with Gasteiger partial charge in [0.25, 0.3) is 0 Å². The Morgan fingerprint density at radius 2 is 1.85 bits per heavy atom. The Kier molecular flexibility index (Phi) is 6.95. The molecule has 2 fully saturated rings. The van der Waals surface area contributed by atoms with E-state index in [0.29, 0.717) is 13.1 Å². The normalized spacial score (nSPS) is 23.0. The summed E-state index contributed by atoms with van der Waals surface area (Å²) in [5, 5.41) is 3.26. The Morgan fingerprint density at radius 1 is 1.15 bits per heavy atom. The summed E-state index contributed by atoms with van der Waals surface area (Å²) in [6.45, 7) is 4.43. The van der Waals surface area contributed by atoms with Crippen molar-refractivity contribution in [2.24, 2.45) is 0 Å². The van der Waals surface area contributed by atoms with Crippen molar-refractivity contribution in [2.75, 3.05) is 39.3 Å². The van der Waals surface area contributed by atoms with Crippen LogP contribution in [0.5, 0.6) is 0 Å². The van der Waals surface area contributed by atoms with E-state index >= 15 is 0 Å². The Balaban J connectivity index is 0.00000243. The average Bonchev–Trinajstić information content (AvgIpc) is 3.06. The monoisotopic (exact) mass is 413 g/mol. The minimum atomic E-state index is -4.47. The molecule has 0 amide bonds. The third-order valence-electron chi connectivity index (χ3n) is 4.79. The molecule has 0 spiro atoms. The smallest absolute Gasteiger partial charge is 0.314 e. The SMILES string of the molecule is Cl.O=S(=O)(Cc1cccc(C(F)(F)F)c1)N1CCC(N2CCNCC2)C1. The standard InChI is InChI=1S/C16H22F3N3O2S.ClH/c17-16(18,19)14-3-1-2-13(10-14)12-25(23,24)22-7-4-15(11-22)21-8-5-20-6-9-21;/h1-3,10,15,20H,4-9,11-12H2;1H. The van der Waals surface area contributed by atoms with E-state index in [9.17, 15) is 21.6 Å². The summed E-state index contributed by atoms with van der Waals surface area (Å²) < 4.78 is 65.0. The molecular weight excluding hydrogens is 391 g/mol. The number of hydrogen-bond donors (Lipinski definition) is 1. The first-order valence-corrected chi connectivity index (χ1v) is 9.95. The molecule has 5 nitrogen and oxygen atoms in total. The van der Waals surface area contributed by atoms with Gasteiger partial charge in [-0.25, -0.2) is 12.7 Å². The number of halogens is 4. The first-order valence-electron chi connectivity index (χ1n) is 8.34. The highest BCUT2D eigenvalue weighted by molar-refractivity contribution is 7.88. The molecule has 0 radical (unpaired) electrons. The quantitative estimate of drug-likeness (QED) is 0.819. The molecule has 1 aromatic carbocycles. The van der Waals surface area contributed by atoms with Crippen LogP contribution in [0.3, 0.4) is 0 Å². The van der Waals surface area contributed by atoms with E-state index < -0.39 is 27.5 Å². The lowest BCUT2D eigenvalue weighted by molar-refractivity contribution is -0.137. The first-order chi connectivity index (χ1) is 11.8. The van der Waals surface area contributed by atoms with Gasteiger partial charge >= 0.3 is 6.18 Å². The van der Waals surface area contributed by atoms with Crippen LogP contribution in [0.15, 0.2) is 24.3 Å². The molecule has 2 saturated heterocycles. The summed E-state index contributed by atoms with van der Waals surface area (Å²) in [6.07, 6.45) is -3.71. The molecule has 2 aliphatic rings. The van der Waals surface area contributed by atoms with Crippen LogP contribution in [-0.4, -0.2) is 62.9 Å². The van der Waals surface area contributed by atoms with Gasteiger partial charge in [-0.05, 0) is 18.1 Å². The second-order valence-electron chi connectivity index (χ2n) is 6.54. The van der Waals surface area contributed by atoms with Gasteiger partial charge in [-0.3, -0.25) is 4.90 Å². The summed E-state index contributed by atoms with van der Waals surface area (Å²) in [4.78, 5) is 2.29. The van der Waals surface area contributed by atoms with Gasteiger partial charge < -0.3 is 5.32 Å². The Morgan fingerprint density at radius 3 is 2.50 bits per heavy atom. The van der Waals surface area contributed by atoms with Gasteiger partial charge in [-0.2, -0.15) is 13.2 Å². The highest BCUT2D eigenvalue weighted by Gasteiger charge is 2.35. The van der Waals surface area contributed by atoms with Gasteiger partial charge in [0, 0.05) is 45.3 Å². The van der Waals surface area contributed by atoms with E-state index in [2.05, 4.69) is 10.2 Å². The summed E-state index contributed by atoms with van der Waals surface area (Å²) >= 11 is 0. The van der Waals surface area contributed by atoms with Gasteiger partial charge in [-0.15, -0.1) is 12.4 Å². The number of rotatable bonds is 4. The number of sulfonamides is 1. The molecule has 1 aromatic rings. The highest BCUT2D eigenvalue weighted by atomic mass is 35.5. The molecule has 1 atom stereocenters. The van der Waals surface area contributed by atoms with E-state index in [1.165, 1.54) is 16.4 Å². The lowest BCUT2D eigenvalue weighted by Gasteiger charge is -2.32. The molecule has 0 aromatic heterocycles. The van der Waals surface area contributed by atoms with Crippen LogP contribution in [0.4, 0.5) is 13.2 Å².